The Morgan fingerprint density at radius 1 is 1.43 bits per heavy atom. The molecule has 2 rings (SSSR count). The molecule has 0 saturated heterocycles. The molecule has 0 bridgehead atoms. The van der Waals surface area contributed by atoms with E-state index in [4.69, 9.17) is 16.2 Å². The van der Waals surface area contributed by atoms with E-state index in [2.05, 4.69) is 11.1 Å². The van der Waals surface area contributed by atoms with E-state index in [1.54, 1.807) is 13.8 Å². The van der Waals surface area contributed by atoms with Crippen molar-refractivity contribution in [3.63, 3.8) is 0 Å². The molecule has 21 heavy (non-hydrogen) atoms. The Balaban J connectivity index is 2.64. The van der Waals surface area contributed by atoms with Crippen molar-refractivity contribution in [2.45, 2.75) is 31.9 Å². The highest BCUT2D eigenvalue weighted by atomic mass is 19.1. The molecule has 0 aromatic heterocycles. The van der Waals surface area contributed by atoms with Gasteiger partial charge in [0.2, 0.25) is 0 Å². The standard InChI is InChI=1S/C15H19FN4O/c1-14(8-17)7-12(21-3)15(2,20-13(14)19)10-6-9(18)4-5-11(10)16/h4-6,12H,7,18H2,1-3H3,(H2,19,20)/t12?,14?,15-/m1/s1. The molecular weight excluding hydrogens is 271 g/mol. The van der Waals surface area contributed by atoms with Crippen molar-refractivity contribution in [3.8, 4) is 6.07 Å². The van der Waals surface area contributed by atoms with Gasteiger partial charge in [0.25, 0.3) is 0 Å². The van der Waals surface area contributed by atoms with Crippen LogP contribution in [-0.2, 0) is 10.3 Å². The summed E-state index contributed by atoms with van der Waals surface area (Å²) >= 11 is 0. The first kappa shape index (κ1) is 15.3. The minimum Gasteiger partial charge on any atom is -0.399 e. The number of benzene rings is 1. The second kappa shape index (κ2) is 5.01. The highest BCUT2D eigenvalue weighted by Crippen LogP contribution is 2.43. The van der Waals surface area contributed by atoms with Gasteiger partial charge in [-0.3, -0.25) is 4.99 Å². The van der Waals surface area contributed by atoms with E-state index in [9.17, 15) is 9.65 Å². The number of halogens is 1. The lowest BCUT2D eigenvalue weighted by Crippen LogP contribution is -2.51. The van der Waals surface area contributed by atoms with E-state index in [0.717, 1.165) is 0 Å². The summed E-state index contributed by atoms with van der Waals surface area (Å²) in [6.45, 7) is 3.44. The van der Waals surface area contributed by atoms with Gasteiger partial charge in [-0.05, 0) is 32.0 Å². The number of rotatable bonds is 2. The summed E-state index contributed by atoms with van der Waals surface area (Å²) in [6, 6.07) is 6.47. The zero-order valence-electron chi connectivity index (χ0n) is 12.4. The van der Waals surface area contributed by atoms with Crippen LogP contribution in [0.1, 0.15) is 25.8 Å². The van der Waals surface area contributed by atoms with Gasteiger partial charge in [0.15, 0.2) is 0 Å². The van der Waals surface area contributed by atoms with Gasteiger partial charge in [-0.25, -0.2) is 4.39 Å². The molecule has 0 aliphatic carbocycles. The molecule has 1 heterocycles. The predicted molar refractivity (Wildman–Crippen MR) is 78.9 cm³/mol. The second-order valence-corrected chi connectivity index (χ2v) is 5.76. The second-order valence-electron chi connectivity index (χ2n) is 5.76. The lowest BCUT2D eigenvalue weighted by Gasteiger charge is -2.42. The average molecular weight is 290 g/mol. The molecule has 4 N–H and O–H groups in total. The average Bonchev–Trinajstić information content (AvgIpc) is 2.45. The maximum atomic E-state index is 14.2. The van der Waals surface area contributed by atoms with Gasteiger partial charge in [-0.15, -0.1) is 0 Å². The largest absolute Gasteiger partial charge is 0.399 e. The Kier molecular flexibility index (Phi) is 3.64. The van der Waals surface area contributed by atoms with E-state index in [-0.39, 0.29) is 5.84 Å². The third kappa shape index (κ3) is 2.34. The molecule has 112 valence electrons. The lowest BCUT2D eigenvalue weighted by atomic mass is 9.73. The van der Waals surface area contributed by atoms with E-state index in [1.807, 2.05) is 0 Å². The number of methoxy groups -OCH3 is 1. The van der Waals surface area contributed by atoms with Crippen LogP contribution in [0.3, 0.4) is 0 Å². The zero-order chi connectivity index (χ0) is 15.8. The van der Waals surface area contributed by atoms with Crippen molar-refractivity contribution in [3.05, 3.63) is 29.6 Å². The van der Waals surface area contributed by atoms with Crippen LogP contribution in [0.15, 0.2) is 23.2 Å². The zero-order valence-corrected chi connectivity index (χ0v) is 12.4. The number of aliphatic imine (C=N–C) groups is 1. The fraction of sp³-hybridized carbons (Fsp3) is 0.467. The van der Waals surface area contributed by atoms with Crippen molar-refractivity contribution in [2.75, 3.05) is 12.8 Å². The molecule has 1 aromatic carbocycles. The van der Waals surface area contributed by atoms with Crippen molar-refractivity contribution in [1.29, 1.82) is 5.26 Å². The van der Waals surface area contributed by atoms with E-state index >= 15 is 0 Å². The van der Waals surface area contributed by atoms with Gasteiger partial charge >= 0.3 is 0 Å². The molecule has 1 aromatic rings. The fourth-order valence-electron chi connectivity index (χ4n) is 2.70. The van der Waals surface area contributed by atoms with E-state index in [1.165, 1.54) is 25.3 Å². The maximum absolute atomic E-state index is 14.2. The minimum absolute atomic E-state index is 0.183. The molecule has 1 aliphatic rings. The summed E-state index contributed by atoms with van der Waals surface area (Å²) < 4.78 is 19.7. The number of hydrogen-bond acceptors (Lipinski definition) is 5. The molecule has 0 fully saturated rings. The van der Waals surface area contributed by atoms with Crippen LogP contribution in [0.2, 0.25) is 0 Å². The summed E-state index contributed by atoms with van der Waals surface area (Å²) in [5.74, 6) is -0.242. The van der Waals surface area contributed by atoms with Crippen molar-refractivity contribution < 1.29 is 9.13 Å². The number of hydrogen-bond donors (Lipinski definition) is 2. The topological polar surface area (TPSA) is 97.4 Å². The normalized spacial score (nSPS) is 32.3. The van der Waals surface area contributed by atoms with Gasteiger partial charge in [0, 0.05) is 24.8 Å². The van der Waals surface area contributed by atoms with Crippen LogP contribution >= 0.6 is 0 Å². The van der Waals surface area contributed by atoms with Gasteiger partial charge in [0.1, 0.15) is 22.6 Å². The molecule has 0 saturated carbocycles. The van der Waals surface area contributed by atoms with Gasteiger partial charge in [0.05, 0.1) is 12.2 Å². The predicted octanol–water partition coefficient (Wildman–Crippen LogP) is 1.93. The molecule has 0 amide bonds. The molecule has 0 spiro atoms. The Morgan fingerprint density at radius 2 is 2.10 bits per heavy atom. The number of anilines is 1. The summed E-state index contributed by atoms with van der Waals surface area (Å²) in [4.78, 5) is 4.41. The maximum Gasteiger partial charge on any atom is 0.129 e. The molecular formula is C15H19FN4O. The first-order valence-corrected chi connectivity index (χ1v) is 6.62. The quantitative estimate of drug-likeness (QED) is 0.813. The number of nitrogens with zero attached hydrogens (tertiary/aromatic N) is 2. The van der Waals surface area contributed by atoms with Crippen LogP contribution in [0, 0.1) is 22.6 Å². The number of nitrogens with two attached hydrogens (primary N) is 2. The monoisotopic (exact) mass is 290 g/mol. The third-order valence-electron chi connectivity index (χ3n) is 4.21. The van der Waals surface area contributed by atoms with Crippen LogP contribution in [0.4, 0.5) is 10.1 Å². The highest BCUT2D eigenvalue weighted by Gasteiger charge is 2.48. The van der Waals surface area contributed by atoms with Gasteiger partial charge in [-0.2, -0.15) is 5.26 Å². The fourth-order valence-corrected chi connectivity index (χ4v) is 2.70. The van der Waals surface area contributed by atoms with Crippen LogP contribution in [0.5, 0.6) is 0 Å². The number of ether oxygens (including phenoxy) is 1. The third-order valence-corrected chi connectivity index (χ3v) is 4.21. The SMILES string of the molecule is COC1CC(C)(C#N)C(N)=N[C@]1(C)c1cc(N)ccc1F. The lowest BCUT2D eigenvalue weighted by molar-refractivity contribution is 0.0141. The Morgan fingerprint density at radius 3 is 2.67 bits per heavy atom. The van der Waals surface area contributed by atoms with Crippen LogP contribution in [0.25, 0.3) is 0 Å². The number of amidine groups is 1. The highest BCUT2D eigenvalue weighted by molar-refractivity contribution is 5.90. The van der Waals surface area contributed by atoms with E-state index < -0.39 is 22.9 Å². The van der Waals surface area contributed by atoms with Crippen molar-refractivity contribution in [1.82, 2.24) is 0 Å². The number of nitrogen functional groups attached to an aromatic ring is 1. The Hall–Kier alpha value is -2.13. The van der Waals surface area contributed by atoms with Crippen molar-refractivity contribution in [2.24, 2.45) is 16.1 Å². The Labute approximate surface area is 123 Å². The molecule has 3 atom stereocenters. The van der Waals surface area contributed by atoms with Crippen LogP contribution < -0.4 is 11.5 Å². The van der Waals surface area contributed by atoms with Crippen molar-refractivity contribution >= 4 is 11.5 Å². The first-order valence-electron chi connectivity index (χ1n) is 6.62. The smallest absolute Gasteiger partial charge is 0.129 e. The first-order chi connectivity index (χ1) is 9.76. The summed E-state index contributed by atoms with van der Waals surface area (Å²) in [5.41, 5.74) is 10.5. The van der Waals surface area contributed by atoms with Crippen LogP contribution in [-0.4, -0.2) is 19.0 Å². The minimum atomic E-state index is -1.02. The molecule has 0 radical (unpaired) electrons. The van der Waals surface area contributed by atoms with Gasteiger partial charge in [-0.1, -0.05) is 0 Å². The summed E-state index contributed by atoms with van der Waals surface area (Å²) in [5, 5.41) is 9.31. The molecule has 1 aliphatic heterocycles. The Bertz CT molecular complexity index is 639. The molecule has 2 unspecified atom stereocenters. The molecule has 5 nitrogen and oxygen atoms in total. The summed E-state index contributed by atoms with van der Waals surface area (Å²) in [7, 11) is 1.52. The summed E-state index contributed by atoms with van der Waals surface area (Å²) in [6.07, 6.45) is -0.147. The molecule has 6 heteroatoms. The van der Waals surface area contributed by atoms with Gasteiger partial charge < -0.3 is 16.2 Å². The number of nitriles is 1. The van der Waals surface area contributed by atoms with E-state index in [0.29, 0.717) is 17.7 Å².